The van der Waals surface area contributed by atoms with E-state index in [9.17, 15) is 9.59 Å². The van der Waals surface area contributed by atoms with Crippen LogP contribution in [0.3, 0.4) is 0 Å². The molecule has 0 aromatic heterocycles. The molecule has 6 atom stereocenters. The van der Waals surface area contributed by atoms with Gasteiger partial charge in [0.15, 0.2) is 0 Å². The lowest BCUT2D eigenvalue weighted by atomic mass is 9.52. The van der Waals surface area contributed by atoms with Gasteiger partial charge in [0.1, 0.15) is 11.5 Å². The summed E-state index contributed by atoms with van der Waals surface area (Å²) in [5.74, 6) is 4.11. The molecule has 0 spiro atoms. The molecule has 0 radical (unpaired) electrons. The predicted octanol–water partition coefficient (Wildman–Crippen LogP) is 9.08. The summed E-state index contributed by atoms with van der Waals surface area (Å²) in [6.45, 7) is 5.01. The molecule has 6 fully saturated rings. The second-order valence-electron chi connectivity index (χ2n) is 19.1. The average molecular weight is 719 g/mol. The van der Waals surface area contributed by atoms with Crippen molar-refractivity contribution in [1.29, 1.82) is 0 Å². The van der Waals surface area contributed by atoms with Crippen molar-refractivity contribution in [1.82, 2.24) is 9.80 Å². The molecule has 6 nitrogen and oxygen atoms in total. The highest BCUT2D eigenvalue weighted by molar-refractivity contribution is 5.75. The lowest BCUT2D eigenvalue weighted by Crippen LogP contribution is -2.61. The summed E-state index contributed by atoms with van der Waals surface area (Å²) in [4.78, 5) is 32.0. The Morgan fingerprint density at radius 3 is 1.49 bits per heavy atom. The van der Waals surface area contributed by atoms with Crippen molar-refractivity contribution in [2.24, 2.45) is 23.7 Å². The minimum atomic E-state index is -0.256. The maximum atomic E-state index is 13.1. The summed E-state index contributed by atoms with van der Waals surface area (Å²) in [6.07, 6.45) is 24.6. The number of carbonyl (C=O) groups excluding carboxylic acids is 2. The molecule has 6 aliphatic carbocycles. The molecule has 284 valence electrons. The van der Waals surface area contributed by atoms with Crippen molar-refractivity contribution in [2.75, 3.05) is 26.2 Å². The largest absolute Gasteiger partial charge is 0.427 e. The Kier molecular flexibility index (Phi) is 9.25. The number of carbonyl (C=O) groups is 2. The number of benzene rings is 2. The molecule has 0 amide bonds. The van der Waals surface area contributed by atoms with E-state index in [1.54, 1.807) is 0 Å². The Morgan fingerprint density at radius 2 is 1.06 bits per heavy atom. The second-order valence-corrected chi connectivity index (χ2v) is 19.1. The number of hydrogen-bond donors (Lipinski definition) is 0. The number of piperidine rings is 2. The number of esters is 2. The second kappa shape index (κ2) is 14.1. The van der Waals surface area contributed by atoms with Crippen molar-refractivity contribution in [3.05, 3.63) is 58.7 Å². The number of fused-ring (bicyclic) bond motifs is 2. The molecule has 4 bridgehead atoms. The van der Waals surface area contributed by atoms with Crippen molar-refractivity contribution in [2.45, 2.75) is 158 Å². The van der Waals surface area contributed by atoms with E-state index in [2.05, 4.69) is 34.1 Å². The molecular formula is C47H62N2O4. The van der Waals surface area contributed by atoms with Crippen molar-refractivity contribution in [3.8, 4) is 11.5 Å². The van der Waals surface area contributed by atoms with Crippen molar-refractivity contribution < 1.29 is 19.1 Å². The first-order valence-corrected chi connectivity index (χ1v) is 22.1. The molecular weight excluding hydrogens is 657 g/mol. The number of likely N-dealkylation sites (tertiary alicyclic amines) is 2. The van der Waals surface area contributed by atoms with E-state index in [0.29, 0.717) is 30.0 Å². The molecule has 2 aromatic rings. The van der Waals surface area contributed by atoms with Crippen molar-refractivity contribution >= 4 is 11.9 Å². The Balaban J connectivity index is 0.757. The van der Waals surface area contributed by atoms with Crippen LogP contribution in [0.2, 0.25) is 0 Å². The summed E-state index contributed by atoms with van der Waals surface area (Å²) in [6, 6.07) is 14.3. The van der Waals surface area contributed by atoms with Crippen LogP contribution < -0.4 is 9.47 Å². The van der Waals surface area contributed by atoms with Crippen LogP contribution in [0.15, 0.2) is 36.4 Å². The average Bonchev–Trinajstić information content (AvgIpc) is 3.13. The normalized spacial score (nSPS) is 33.7. The standard InChI is InChI=1S/C47H62N2O4/c50-44(52-36-18-16-34-26-42-38-12-1-3-20-46(38,40(34)28-36)22-24-48(42)30-32-8-5-9-32)14-7-15-45(51)53-37-19-17-35-27-43-39-13-2-4-21-47(39,41(35)29-37)23-25-49(43)31-33-10-6-11-33/h16-19,28-29,32-33,38-39,42-43H,1-15,20-27,30-31H2/t38-,39-,42-,43-,46-,47-/m0/s1. The third kappa shape index (κ3) is 6.21. The van der Waals surface area contributed by atoms with Gasteiger partial charge in [-0.15, -0.1) is 0 Å². The molecule has 6 heteroatoms. The highest BCUT2D eigenvalue weighted by atomic mass is 16.5. The molecule has 2 heterocycles. The lowest BCUT2D eigenvalue weighted by molar-refractivity contribution is -0.136. The SMILES string of the molecule is O=C(CCCC(=O)Oc1ccc2c(c1)[C@]13CCCC[C@H]1[C@H](C2)N(CC1CCC1)CC3)Oc1ccc2c(c1)[C@]13CCCC[C@H]1[C@H](C2)N(CC1CCC1)CC3. The Morgan fingerprint density at radius 1 is 0.585 bits per heavy atom. The quantitative estimate of drug-likeness (QED) is 0.181. The monoisotopic (exact) mass is 718 g/mol. The Bertz CT molecular complexity index is 1590. The van der Waals surface area contributed by atoms with E-state index in [-0.39, 0.29) is 35.6 Å². The fourth-order valence-corrected chi connectivity index (χ4v) is 13.5. The first-order chi connectivity index (χ1) is 26.0. The zero-order valence-corrected chi connectivity index (χ0v) is 32.1. The summed E-state index contributed by atoms with van der Waals surface area (Å²) in [7, 11) is 0. The van der Waals surface area contributed by atoms with Crippen LogP contribution in [0.5, 0.6) is 11.5 Å². The maximum absolute atomic E-state index is 13.1. The van der Waals surface area contributed by atoms with Gasteiger partial charge in [-0.1, -0.05) is 50.7 Å². The third-order valence-corrected chi connectivity index (χ3v) is 16.5. The van der Waals surface area contributed by atoms with Crippen LogP contribution in [0.25, 0.3) is 0 Å². The summed E-state index contributed by atoms with van der Waals surface area (Å²) < 4.78 is 11.9. The number of nitrogens with zero attached hydrogens (tertiary/aromatic N) is 2. The molecule has 8 aliphatic rings. The van der Waals surface area contributed by atoms with Gasteiger partial charge in [-0.2, -0.15) is 0 Å². The van der Waals surface area contributed by atoms with E-state index in [1.807, 2.05) is 12.1 Å². The summed E-state index contributed by atoms with van der Waals surface area (Å²) >= 11 is 0. The number of ether oxygens (including phenoxy) is 2. The highest BCUT2D eigenvalue weighted by Gasteiger charge is 2.55. The van der Waals surface area contributed by atoms with Gasteiger partial charge in [-0.3, -0.25) is 19.4 Å². The van der Waals surface area contributed by atoms with E-state index >= 15 is 0 Å². The fraction of sp³-hybridized carbons (Fsp3) is 0.702. The van der Waals surface area contributed by atoms with Gasteiger partial charge in [-0.25, -0.2) is 0 Å². The molecule has 2 aromatic carbocycles. The molecule has 0 unspecified atom stereocenters. The fourth-order valence-electron chi connectivity index (χ4n) is 13.5. The Hall–Kier alpha value is -2.70. The van der Waals surface area contributed by atoms with E-state index in [4.69, 9.17) is 9.47 Å². The van der Waals surface area contributed by atoms with Gasteiger partial charge >= 0.3 is 11.9 Å². The lowest BCUT2D eigenvalue weighted by Gasteiger charge is -2.59. The van der Waals surface area contributed by atoms with E-state index < -0.39 is 0 Å². The van der Waals surface area contributed by atoms with Gasteiger partial charge in [0.2, 0.25) is 0 Å². The van der Waals surface area contributed by atoms with Crippen LogP contribution in [0.4, 0.5) is 0 Å². The van der Waals surface area contributed by atoms with Gasteiger partial charge in [0.05, 0.1) is 0 Å². The molecule has 10 rings (SSSR count). The molecule has 2 saturated heterocycles. The van der Waals surface area contributed by atoms with E-state index in [0.717, 1.165) is 36.5 Å². The first-order valence-electron chi connectivity index (χ1n) is 22.1. The predicted molar refractivity (Wildman–Crippen MR) is 207 cm³/mol. The summed E-state index contributed by atoms with van der Waals surface area (Å²) in [5.41, 5.74) is 6.36. The van der Waals surface area contributed by atoms with Gasteiger partial charge in [0.25, 0.3) is 0 Å². The molecule has 0 N–H and O–H groups in total. The van der Waals surface area contributed by atoms with Gasteiger partial charge in [0, 0.05) is 48.8 Å². The van der Waals surface area contributed by atoms with Gasteiger partial charge < -0.3 is 9.47 Å². The highest BCUT2D eigenvalue weighted by Crippen LogP contribution is 2.58. The van der Waals surface area contributed by atoms with Gasteiger partial charge in [-0.05, 0) is 167 Å². The third-order valence-electron chi connectivity index (χ3n) is 16.5. The first kappa shape index (κ1) is 34.8. The minimum absolute atomic E-state index is 0.214. The minimum Gasteiger partial charge on any atom is -0.427 e. The zero-order valence-electron chi connectivity index (χ0n) is 32.1. The maximum Gasteiger partial charge on any atom is 0.311 e. The zero-order chi connectivity index (χ0) is 35.6. The molecule has 2 aliphatic heterocycles. The topological polar surface area (TPSA) is 59.1 Å². The van der Waals surface area contributed by atoms with Crippen LogP contribution in [0, 0.1) is 23.7 Å². The van der Waals surface area contributed by atoms with Crippen LogP contribution in [-0.2, 0) is 33.3 Å². The van der Waals surface area contributed by atoms with Crippen LogP contribution >= 0.6 is 0 Å². The van der Waals surface area contributed by atoms with Crippen LogP contribution in [0.1, 0.15) is 144 Å². The van der Waals surface area contributed by atoms with Crippen molar-refractivity contribution in [3.63, 3.8) is 0 Å². The smallest absolute Gasteiger partial charge is 0.311 e. The van der Waals surface area contributed by atoms with Crippen LogP contribution in [-0.4, -0.2) is 60.0 Å². The number of hydrogen-bond acceptors (Lipinski definition) is 6. The molecule has 53 heavy (non-hydrogen) atoms. The number of rotatable bonds is 10. The summed E-state index contributed by atoms with van der Waals surface area (Å²) in [5, 5.41) is 0. The van der Waals surface area contributed by atoms with E-state index in [1.165, 1.54) is 151 Å². The Labute approximate surface area is 317 Å². The molecule has 4 saturated carbocycles.